The Kier molecular flexibility index (Phi) is 3.28. The number of anilines is 2. The molecule has 0 saturated carbocycles. The number of aromatic nitrogens is 4. The first-order valence-electron chi connectivity index (χ1n) is 8.46. The first kappa shape index (κ1) is 14.8. The number of nitrogens with one attached hydrogen (secondary N) is 1. The van der Waals surface area contributed by atoms with Gasteiger partial charge in [-0.3, -0.25) is 14.8 Å². The van der Waals surface area contributed by atoms with E-state index < -0.39 is 0 Å². The summed E-state index contributed by atoms with van der Waals surface area (Å²) in [5.41, 5.74) is 4.32. The summed E-state index contributed by atoms with van der Waals surface area (Å²) >= 11 is 0. The summed E-state index contributed by atoms with van der Waals surface area (Å²) in [7, 11) is 0. The predicted octanol–water partition coefficient (Wildman–Crippen LogP) is 3.07. The number of aromatic amines is 1. The van der Waals surface area contributed by atoms with Crippen molar-refractivity contribution in [3.05, 3.63) is 77.0 Å². The van der Waals surface area contributed by atoms with Crippen molar-refractivity contribution < 1.29 is 0 Å². The topological polar surface area (TPSA) is 74.8 Å². The Morgan fingerprint density at radius 2 is 1.85 bits per heavy atom. The Labute approximate surface area is 149 Å². The van der Waals surface area contributed by atoms with Gasteiger partial charge in [-0.2, -0.15) is 4.98 Å². The Morgan fingerprint density at radius 1 is 1.00 bits per heavy atom. The molecule has 0 radical (unpaired) electrons. The molecule has 0 spiro atoms. The molecule has 0 aliphatic carbocycles. The lowest BCUT2D eigenvalue weighted by Crippen LogP contribution is -2.21. The average Bonchev–Trinajstić information content (AvgIpc) is 3.12. The molecule has 4 aromatic rings. The second kappa shape index (κ2) is 5.77. The number of benzene rings is 1. The van der Waals surface area contributed by atoms with Gasteiger partial charge in [0.15, 0.2) is 5.65 Å². The van der Waals surface area contributed by atoms with Gasteiger partial charge in [-0.15, -0.1) is 0 Å². The number of para-hydroxylation sites is 1. The van der Waals surface area contributed by atoms with Gasteiger partial charge in [0, 0.05) is 30.8 Å². The molecule has 0 unspecified atom stereocenters. The van der Waals surface area contributed by atoms with Crippen LogP contribution in [0, 0.1) is 0 Å². The second-order valence-corrected chi connectivity index (χ2v) is 6.21. The van der Waals surface area contributed by atoms with Gasteiger partial charge in [0.2, 0.25) is 5.95 Å². The van der Waals surface area contributed by atoms with Crippen molar-refractivity contribution in [1.29, 1.82) is 0 Å². The first-order chi connectivity index (χ1) is 12.8. The van der Waals surface area contributed by atoms with Gasteiger partial charge in [-0.25, -0.2) is 4.98 Å². The number of H-pyrrole nitrogens is 1. The molecule has 1 aromatic carbocycles. The van der Waals surface area contributed by atoms with Crippen LogP contribution in [0.2, 0.25) is 0 Å². The van der Waals surface area contributed by atoms with Crippen LogP contribution in [0.1, 0.15) is 5.56 Å². The maximum absolute atomic E-state index is 12.9. The highest BCUT2D eigenvalue weighted by Crippen LogP contribution is 2.32. The maximum atomic E-state index is 12.9. The van der Waals surface area contributed by atoms with Crippen LogP contribution in [-0.2, 0) is 6.42 Å². The summed E-state index contributed by atoms with van der Waals surface area (Å²) in [6, 6.07) is 13.8. The minimum absolute atomic E-state index is 0.186. The molecular formula is C20H15N5O. The molecule has 26 heavy (non-hydrogen) atoms. The third-order valence-electron chi connectivity index (χ3n) is 4.73. The molecule has 1 N–H and O–H groups in total. The lowest BCUT2D eigenvalue weighted by Gasteiger charge is -2.18. The van der Waals surface area contributed by atoms with Gasteiger partial charge in [-0.1, -0.05) is 18.2 Å². The number of hydrogen-bond acceptors (Lipinski definition) is 5. The fourth-order valence-electron chi connectivity index (χ4n) is 3.51. The van der Waals surface area contributed by atoms with E-state index in [9.17, 15) is 4.79 Å². The van der Waals surface area contributed by atoms with Gasteiger partial charge < -0.3 is 4.90 Å². The highest BCUT2D eigenvalue weighted by atomic mass is 16.1. The molecule has 126 valence electrons. The van der Waals surface area contributed by atoms with E-state index in [-0.39, 0.29) is 5.56 Å². The summed E-state index contributed by atoms with van der Waals surface area (Å²) in [5.74, 6) is 0.534. The van der Waals surface area contributed by atoms with Crippen LogP contribution in [0.15, 0.2) is 65.8 Å². The molecular weight excluding hydrogens is 326 g/mol. The Morgan fingerprint density at radius 3 is 2.73 bits per heavy atom. The van der Waals surface area contributed by atoms with Crippen LogP contribution in [0.5, 0.6) is 0 Å². The summed E-state index contributed by atoms with van der Waals surface area (Å²) in [6.07, 6.45) is 6.03. The highest BCUT2D eigenvalue weighted by molar-refractivity contribution is 5.92. The smallest absolute Gasteiger partial charge is 0.262 e. The molecule has 0 bridgehead atoms. The zero-order valence-electron chi connectivity index (χ0n) is 13.9. The zero-order chi connectivity index (χ0) is 17.5. The Hall–Kier alpha value is -3.54. The van der Waals surface area contributed by atoms with Gasteiger partial charge in [0.1, 0.15) is 0 Å². The molecule has 5 rings (SSSR count). The zero-order valence-corrected chi connectivity index (χ0v) is 13.9. The van der Waals surface area contributed by atoms with Crippen molar-refractivity contribution in [3.8, 4) is 11.1 Å². The van der Waals surface area contributed by atoms with Crippen molar-refractivity contribution in [3.63, 3.8) is 0 Å². The fraction of sp³-hybridized carbons (Fsp3) is 0.100. The SMILES string of the molecule is O=c1[nH]c(N2CCc3ccccc32)nc2nccc(-c3ccncc3)c12. The van der Waals surface area contributed by atoms with Crippen LogP contribution in [0.4, 0.5) is 11.6 Å². The average molecular weight is 341 g/mol. The van der Waals surface area contributed by atoms with Gasteiger partial charge >= 0.3 is 0 Å². The lowest BCUT2D eigenvalue weighted by atomic mass is 10.1. The Bertz CT molecular complexity index is 1170. The first-order valence-corrected chi connectivity index (χ1v) is 8.46. The van der Waals surface area contributed by atoms with Crippen LogP contribution >= 0.6 is 0 Å². The molecule has 6 heteroatoms. The van der Waals surface area contributed by atoms with E-state index in [1.165, 1.54) is 5.56 Å². The number of pyridine rings is 2. The molecule has 0 atom stereocenters. The molecule has 0 fully saturated rings. The van der Waals surface area contributed by atoms with E-state index in [2.05, 4.69) is 26.0 Å². The minimum Gasteiger partial charge on any atom is -0.311 e. The molecule has 3 aromatic heterocycles. The number of nitrogens with zero attached hydrogens (tertiary/aromatic N) is 4. The van der Waals surface area contributed by atoms with Crippen LogP contribution in [0.3, 0.4) is 0 Å². The lowest BCUT2D eigenvalue weighted by molar-refractivity contribution is 0.938. The second-order valence-electron chi connectivity index (χ2n) is 6.21. The van der Waals surface area contributed by atoms with E-state index in [1.807, 2.05) is 41.3 Å². The van der Waals surface area contributed by atoms with Crippen molar-refractivity contribution >= 4 is 22.7 Å². The van der Waals surface area contributed by atoms with Gasteiger partial charge in [0.05, 0.1) is 5.39 Å². The highest BCUT2D eigenvalue weighted by Gasteiger charge is 2.22. The Balaban J connectivity index is 1.69. The summed E-state index contributed by atoms with van der Waals surface area (Å²) in [4.78, 5) is 30.9. The molecule has 1 aliphatic heterocycles. The van der Waals surface area contributed by atoms with E-state index in [1.54, 1.807) is 18.6 Å². The van der Waals surface area contributed by atoms with Crippen molar-refractivity contribution in [1.82, 2.24) is 19.9 Å². The fourth-order valence-corrected chi connectivity index (χ4v) is 3.51. The number of rotatable bonds is 2. The predicted molar refractivity (Wildman–Crippen MR) is 101 cm³/mol. The van der Waals surface area contributed by atoms with Crippen LogP contribution < -0.4 is 10.5 Å². The van der Waals surface area contributed by atoms with E-state index >= 15 is 0 Å². The quantitative estimate of drug-likeness (QED) is 0.606. The van der Waals surface area contributed by atoms with Crippen molar-refractivity contribution in [2.75, 3.05) is 11.4 Å². The van der Waals surface area contributed by atoms with E-state index in [0.717, 1.165) is 29.8 Å². The van der Waals surface area contributed by atoms with E-state index in [4.69, 9.17) is 0 Å². The van der Waals surface area contributed by atoms with Crippen molar-refractivity contribution in [2.45, 2.75) is 6.42 Å². The van der Waals surface area contributed by atoms with Gasteiger partial charge in [0.25, 0.3) is 5.56 Å². The van der Waals surface area contributed by atoms with Crippen LogP contribution in [0.25, 0.3) is 22.2 Å². The van der Waals surface area contributed by atoms with E-state index in [0.29, 0.717) is 17.0 Å². The molecule has 0 saturated heterocycles. The molecule has 6 nitrogen and oxygen atoms in total. The number of fused-ring (bicyclic) bond motifs is 2. The molecule has 4 heterocycles. The molecule has 1 aliphatic rings. The standard InChI is InChI=1S/C20H15N5O/c26-19-17-15(13-5-9-21-10-6-13)7-11-22-18(17)23-20(24-19)25-12-8-14-3-1-2-4-16(14)25/h1-7,9-11H,8,12H2,(H,22,23,24,26). The minimum atomic E-state index is -0.186. The number of hydrogen-bond donors (Lipinski definition) is 1. The maximum Gasteiger partial charge on any atom is 0.262 e. The third kappa shape index (κ3) is 2.27. The van der Waals surface area contributed by atoms with Gasteiger partial charge in [-0.05, 0) is 47.4 Å². The summed E-state index contributed by atoms with van der Waals surface area (Å²) < 4.78 is 0. The van der Waals surface area contributed by atoms with Crippen LogP contribution in [-0.4, -0.2) is 26.5 Å². The normalized spacial score (nSPS) is 13.2. The van der Waals surface area contributed by atoms with Crippen molar-refractivity contribution in [2.24, 2.45) is 0 Å². The monoisotopic (exact) mass is 341 g/mol. The largest absolute Gasteiger partial charge is 0.311 e. The third-order valence-corrected chi connectivity index (χ3v) is 4.73. The molecule has 0 amide bonds. The summed E-state index contributed by atoms with van der Waals surface area (Å²) in [5, 5.41) is 0.495. The summed E-state index contributed by atoms with van der Waals surface area (Å²) in [6.45, 7) is 0.790.